The minimum Gasteiger partial charge on any atom is -0.488 e. The van der Waals surface area contributed by atoms with Crippen LogP contribution in [0.4, 0.5) is 23.2 Å². The number of fused-ring (bicyclic) bond motifs is 9. The first-order valence-corrected chi connectivity index (χ1v) is 43.3. The Bertz CT molecular complexity index is 6510. The summed E-state index contributed by atoms with van der Waals surface area (Å²) < 4.78 is 80.7. The number of hydrogen-bond acceptors (Lipinski definition) is 18. The molecule has 128 heavy (non-hydrogen) atoms. The van der Waals surface area contributed by atoms with E-state index in [1.54, 1.807) is 49.2 Å². The topological polar surface area (TPSA) is 244 Å². The van der Waals surface area contributed by atoms with Gasteiger partial charge in [-0.2, -0.15) is 8.78 Å². The van der Waals surface area contributed by atoms with Crippen LogP contribution in [0.25, 0.3) is 65.4 Å². The van der Waals surface area contributed by atoms with E-state index in [9.17, 15) is 51.6 Å². The molecule has 0 spiro atoms. The van der Waals surface area contributed by atoms with E-state index in [4.69, 9.17) is 33.1 Å². The highest BCUT2D eigenvalue weighted by molar-refractivity contribution is 7.99. The number of aromatic nitrogens is 2. The van der Waals surface area contributed by atoms with Crippen LogP contribution in [0.1, 0.15) is 183 Å². The van der Waals surface area contributed by atoms with E-state index in [1.165, 1.54) is 45.0 Å². The van der Waals surface area contributed by atoms with Crippen molar-refractivity contribution in [2.24, 2.45) is 27.3 Å². The predicted molar refractivity (Wildman–Crippen MR) is 496 cm³/mol. The van der Waals surface area contributed by atoms with Gasteiger partial charge < -0.3 is 42.3 Å². The van der Waals surface area contributed by atoms with Gasteiger partial charge in [0, 0.05) is 151 Å². The average molecular weight is 1760 g/mol. The molecule has 0 aliphatic carbocycles. The van der Waals surface area contributed by atoms with E-state index in [-0.39, 0.29) is 40.4 Å². The van der Waals surface area contributed by atoms with Crippen molar-refractivity contribution < 1.29 is 79.6 Å². The number of nitrogens with zero attached hydrogens (tertiary/aromatic N) is 6. The summed E-state index contributed by atoms with van der Waals surface area (Å²) in [6.07, 6.45) is 1.84. The van der Waals surface area contributed by atoms with Gasteiger partial charge in [0.05, 0.1) is 22.8 Å². The third-order valence-corrected chi connectivity index (χ3v) is 23.0. The highest BCUT2D eigenvalue weighted by atomic mass is 32.2. The zero-order chi connectivity index (χ0) is 91.8. The van der Waals surface area contributed by atoms with Gasteiger partial charge in [-0.3, -0.25) is 19.7 Å². The molecule has 0 amide bonds. The maximum atomic E-state index is 14.7. The molecule has 0 N–H and O–H groups in total. The Hall–Kier alpha value is -13.4. The summed E-state index contributed by atoms with van der Waals surface area (Å²) in [4.78, 5) is 90.6. The van der Waals surface area contributed by atoms with Gasteiger partial charge in [-0.15, -0.1) is 0 Å². The van der Waals surface area contributed by atoms with E-state index in [1.807, 2.05) is 205 Å². The Morgan fingerprint density at radius 1 is 0.555 bits per heavy atom. The molecular formula is C103H102F4N6O14S. The molecule has 2 unspecified atom stereocenters. The fraction of sp³-hybridized carbons (Fsp3) is 0.282. The summed E-state index contributed by atoms with van der Waals surface area (Å²) in [5.41, 5.74) is 14.3. The fourth-order valence-electron chi connectivity index (χ4n) is 15.8. The third-order valence-electron chi connectivity index (χ3n) is 22.0. The van der Waals surface area contributed by atoms with Crippen LogP contribution in [0.5, 0.6) is 11.5 Å². The molecule has 0 radical (unpaired) electrons. The van der Waals surface area contributed by atoms with E-state index in [2.05, 4.69) is 52.3 Å². The van der Waals surface area contributed by atoms with Crippen LogP contribution >= 0.6 is 11.8 Å². The fourth-order valence-corrected chi connectivity index (χ4v) is 16.6. The number of aryl methyl sites for hydroxylation is 5. The number of ketones is 2. The third kappa shape index (κ3) is 22.3. The van der Waals surface area contributed by atoms with Gasteiger partial charge in [-0.25, -0.2) is 23.2 Å². The van der Waals surface area contributed by atoms with Gasteiger partial charge >= 0.3 is 30.3 Å². The van der Waals surface area contributed by atoms with Gasteiger partial charge in [0.1, 0.15) is 34.6 Å². The Balaban J connectivity index is 0.000000181. The quantitative estimate of drug-likeness (QED) is 0.00927. The van der Waals surface area contributed by atoms with Crippen molar-refractivity contribution in [3.63, 3.8) is 0 Å². The molecule has 0 aliphatic heterocycles. The summed E-state index contributed by atoms with van der Waals surface area (Å²) in [5.74, 6) is -4.54. The van der Waals surface area contributed by atoms with Crippen molar-refractivity contribution in [3.8, 4) is 11.5 Å². The SMILES string of the molecule is CC(=O)O/N=C(\CCC(C)C)c1ccc(Sc2ccc(C(=O)c3cc4ccccc4o3)cc2)cc1.CCCCC(CC)Cn1c2ccc(/C(=N\OC(C)=O)c3ccccc3OCC(F)(F)C(F)F)cc2c2cc(C(=O)c3c(C)cc(C)cc3C)c3ccccc3c21.CCn1c2ccc(/C(=N/OC(C)=O)c3ccc(OC(C)COC)cc3C)cc2c2cc([N+](=O)[O-])ccc21. The molecule has 25 heteroatoms. The molecular weight excluding hydrogens is 1650 g/mol. The second-order valence-corrected chi connectivity index (χ2v) is 33.2. The van der Waals surface area contributed by atoms with Crippen LogP contribution in [0, 0.1) is 49.6 Å². The zero-order valence-electron chi connectivity index (χ0n) is 74.0. The first-order chi connectivity index (χ1) is 61.4. The zero-order valence-corrected chi connectivity index (χ0v) is 74.8. The number of carbonyl (C=O) groups excluding carboxylic acids is 5. The largest absolute Gasteiger partial charge is 0.488 e. The highest BCUT2D eigenvalue weighted by Crippen LogP contribution is 2.42. The van der Waals surface area contributed by atoms with Crippen LogP contribution in [0.15, 0.2) is 248 Å². The lowest BCUT2D eigenvalue weighted by molar-refractivity contribution is -0.384. The minimum atomic E-state index is -4.40. The lowest BCUT2D eigenvalue weighted by atomic mass is 9.89. The Morgan fingerprint density at radius 3 is 1.70 bits per heavy atom. The number of halogens is 4. The van der Waals surface area contributed by atoms with Crippen LogP contribution in [0.3, 0.4) is 0 Å². The number of nitro benzene ring substituents is 1. The monoisotopic (exact) mass is 1750 g/mol. The number of oxime groups is 3. The van der Waals surface area contributed by atoms with Gasteiger partial charge in [-0.05, 0) is 216 Å². The number of benzene rings is 11. The lowest BCUT2D eigenvalue weighted by Crippen LogP contribution is -2.34. The number of methoxy groups -OCH3 is 1. The number of hydrogen-bond donors (Lipinski definition) is 0. The number of unbranched alkanes of at least 4 members (excludes halogenated alkanes) is 1. The van der Waals surface area contributed by atoms with Gasteiger partial charge in [0.25, 0.3) is 5.69 Å². The smallest absolute Gasteiger partial charge is 0.340 e. The molecule has 11 aromatic carbocycles. The number of alkyl halides is 4. The summed E-state index contributed by atoms with van der Waals surface area (Å²) in [6.45, 7) is 24.6. The van der Waals surface area contributed by atoms with Crippen LogP contribution in [-0.2, 0) is 46.7 Å². The summed E-state index contributed by atoms with van der Waals surface area (Å²) in [7, 11) is 1.62. The van der Waals surface area contributed by atoms with E-state index < -0.39 is 41.8 Å². The first-order valence-electron chi connectivity index (χ1n) is 42.5. The maximum Gasteiger partial charge on any atom is 0.340 e. The van der Waals surface area contributed by atoms with Crippen molar-refractivity contribution in [3.05, 3.63) is 301 Å². The predicted octanol–water partition coefficient (Wildman–Crippen LogP) is 25.2. The Labute approximate surface area is 744 Å². The number of carbonyl (C=O) groups is 5. The first kappa shape index (κ1) is 93.8. The standard InChI is InChI=1S/C46H46F4N2O4.C29H27NO4S.C28H29N3O6/c1-7-9-14-31(8-2)25-52-39-20-19-32(42(51-56-30(6)53)35-17-12-13-18-40(35)55-26-46(49,50)45(47)48)23-36(39)37-24-38(33-15-10-11-16-34(33)43(37)52)44(54)41-28(4)21-27(3)22-29(41)5;1-19(2)8-17-26(30-34-20(3)31)21-9-13-24(14-10-21)35-25-15-11-22(12-16-25)29(32)28-18-23-6-4-5-7-27(23)33-28;1-6-30-26-11-7-20(14-24(26)25-15-21(31(33)34)8-12-27(25)30)28(29-37-19(4)32)23-10-9-22(13-17(23)2)36-18(3)16-35-5/h10-13,15-24,31,45H,7-9,14,25-26H2,1-6H3;4-7,9-16,18-19H,8,17H2,1-3H3;7-15,18H,6,16H2,1-5H3/b51-42+;30-26+;29-28-. The minimum absolute atomic E-state index is 0.0241. The normalized spacial score (nSPS) is 12.5. The van der Waals surface area contributed by atoms with Crippen molar-refractivity contribution in [1.82, 2.24) is 9.13 Å². The molecule has 0 fully saturated rings. The molecule has 0 saturated carbocycles. The van der Waals surface area contributed by atoms with Crippen molar-refractivity contribution in [1.29, 1.82) is 0 Å². The number of furan rings is 1. The molecule has 14 aromatic rings. The Morgan fingerprint density at radius 2 is 1.12 bits per heavy atom. The molecule has 3 aromatic heterocycles. The molecule has 0 bridgehead atoms. The number of nitro groups is 1. The summed E-state index contributed by atoms with van der Waals surface area (Å²) in [6, 6.07) is 66.8. The molecule has 14 rings (SSSR count). The molecule has 2 atom stereocenters. The second kappa shape index (κ2) is 42.3. The summed E-state index contributed by atoms with van der Waals surface area (Å²) >= 11 is 1.60. The van der Waals surface area contributed by atoms with Gasteiger partial charge in [-0.1, -0.05) is 171 Å². The summed E-state index contributed by atoms with van der Waals surface area (Å²) in [5, 5.41) is 29.8. The van der Waals surface area contributed by atoms with Crippen molar-refractivity contribution in [2.45, 2.75) is 170 Å². The van der Waals surface area contributed by atoms with Crippen LogP contribution in [-0.4, -0.2) is 99.4 Å². The second-order valence-electron chi connectivity index (χ2n) is 32.1. The molecule has 0 aliphatic rings. The number of non-ortho nitro benzene ring substituents is 1. The molecule has 0 saturated heterocycles. The molecule has 662 valence electrons. The van der Waals surface area contributed by atoms with Crippen LogP contribution in [0.2, 0.25) is 0 Å². The van der Waals surface area contributed by atoms with Gasteiger partial charge in [0.2, 0.25) is 5.78 Å². The van der Waals surface area contributed by atoms with Gasteiger partial charge in [0.15, 0.2) is 18.2 Å². The highest BCUT2D eigenvalue weighted by Gasteiger charge is 2.42. The van der Waals surface area contributed by atoms with Crippen LogP contribution < -0.4 is 9.47 Å². The average Bonchev–Trinajstić information content (AvgIpc) is 1.56. The maximum absolute atomic E-state index is 14.7. The molecule has 20 nitrogen and oxygen atoms in total. The number of para-hydroxylation sites is 2. The van der Waals surface area contributed by atoms with E-state index in [0.29, 0.717) is 75.6 Å². The Kier molecular flexibility index (Phi) is 31.0. The van der Waals surface area contributed by atoms with E-state index >= 15 is 0 Å². The number of ether oxygens (including phenoxy) is 3. The molecule has 3 heterocycles. The lowest BCUT2D eigenvalue weighted by Gasteiger charge is -2.19. The van der Waals surface area contributed by atoms with Crippen molar-refractivity contribution in [2.75, 3.05) is 20.3 Å². The van der Waals surface area contributed by atoms with Crippen molar-refractivity contribution >= 4 is 129 Å². The van der Waals surface area contributed by atoms with E-state index in [0.717, 1.165) is 154 Å². The number of rotatable bonds is 33.